The SMILES string of the molecule is COc1ccc([C@@H]2Oc3ccc(Cl)cc3[C@@H]3CC(c4ccc(Cl)cc4)=NN32)cc1Br. The average Bonchev–Trinajstić information content (AvgIpc) is 3.19. The van der Waals surface area contributed by atoms with Crippen LogP contribution in [0.1, 0.15) is 35.4 Å². The maximum Gasteiger partial charge on any atom is 0.213 e. The molecule has 0 unspecified atom stereocenters. The maximum atomic E-state index is 6.40. The van der Waals surface area contributed by atoms with Crippen LogP contribution in [0.5, 0.6) is 11.5 Å². The van der Waals surface area contributed by atoms with Gasteiger partial charge in [0.05, 0.1) is 23.3 Å². The van der Waals surface area contributed by atoms with Crippen molar-refractivity contribution in [1.82, 2.24) is 5.01 Å². The molecule has 0 aliphatic carbocycles. The first-order chi connectivity index (χ1) is 14.5. The number of ether oxygens (including phenoxy) is 2. The number of rotatable bonds is 3. The zero-order chi connectivity index (χ0) is 20.8. The third kappa shape index (κ3) is 3.45. The number of fused-ring (bicyclic) bond motifs is 3. The van der Waals surface area contributed by atoms with E-state index in [1.807, 2.05) is 65.7 Å². The van der Waals surface area contributed by atoms with Crippen LogP contribution >= 0.6 is 39.1 Å². The number of methoxy groups -OCH3 is 1. The summed E-state index contributed by atoms with van der Waals surface area (Å²) < 4.78 is 12.6. The summed E-state index contributed by atoms with van der Waals surface area (Å²) in [5.41, 5.74) is 4.06. The van der Waals surface area contributed by atoms with E-state index >= 15 is 0 Å². The van der Waals surface area contributed by atoms with E-state index in [4.69, 9.17) is 37.8 Å². The lowest BCUT2D eigenvalue weighted by molar-refractivity contribution is -0.0190. The van der Waals surface area contributed by atoms with Crippen molar-refractivity contribution in [2.45, 2.75) is 18.7 Å². The molecule has 2 heterocycles. The van der Waals surface area contributed by atoms with Gasteiger partial charge in [0.1, 0.15) is 11.5 Å². The predicted octanol–water partition coefficient (Wildman–Crippen LogP) is 7.01. The van der Waals surface area contributed by atoms with Crippen molar-refractivity contribution in [3.63, 3.8) is 0 Å². The van der Waals surface area contributed by atoms with Crippen molar-refractivity contribution in [2.75, 3.05) is 7.11 Å². The molecular formula is C23H17BrCl2N2O2. The number of nitrogens with zero attached hydrogens (tertiary/aromatic N) is 2. The Hall–Kier alpha value is -2.21. The fraction of sp³-hybridized carbons (Fsp3) is 0.174. The summed E-state index contributed by atoms with van der Waals surface area (Å²) in [5, 5.41) is 8.37. The fourth-order valence-electron chi connectivity index (χ4n) is 3.93. The van der Waals surface area contributed by atoms with Crippen molar-refractivity contribution < 1.29 is 9.47 Å². The van der Waals surface area contributed by atoms with Crippen molar-refractivity contribution >= 4 is 44.8 Å². The number of halogens is 3. The Kier molecular flexibility index (Phi) is 5.13. The van der Waals surface area contributed by atoms with Gasteiger partial charge in [0.25, 0.3) is 0 Å². The van der Waals surface area contributed by atoms with Gasteiger partial charge in [-0.05, 0) is 70.0 Å². The van der Waals surface area contributed by atoms with Crippen molar-refractivity contribution in [3.8, 4) is 11.5 Å². The van der Waals surface area contributed by atoms with E-state index in [0.717, 1.165) is 44.8 Å². The Balaban J connectivity index is 1.59. The average molecular weight is 504 g/mol. The minimum Gasteiger partial charge on any atom is -0.496 e. The first kappa shape index (κ1) is 19.7. The van der Waals surface area contributed by atoms with Gasteiger partial charge < -0.3 is 9.47 Å². The van der Waals surface area contributed by atoms with E-state index < -0.39 is 0 Å². The molecule has 0 radical (unpaired) electrons. The molecule has 0 amide bonds. The van der Waals surface area contributed by atoms with Crippen LogP contribution in [0.2, 0.25) is 10.0 Å². The van der Waals surface area contributed by atoms with Crippen LogP contribution < -0.4 is 9.47 Å². The minimum absolute atomic E-state index is 0.0315. The summed E-state index contributed by atoms with van der Waals surface area (Å²) in [6.07, 6.45) is 0.391. The van der Waals surface area contributed by atoms with Crippen molar-refractivity contribution in [2.24, 2.45) is 5.10 Å². The van der Waals surface area contributed by atoms with E-state index in [-0.39, 0.29) is 12.3 Å². The van der Waals surface area contributed by atoms with E-state index in [2.05, 4.69) is 15.9 Å². The summed E-state index contributed by atoms with van der Waals surface area (Å²) in [4.78, 5) is 0. The first-order valence-corrected chi connectivity index (χ1v) is 11.0. The Labute approximate surface area is 193 Å². The van der Waals surface area contributed by atoms with Gasteiger partial charge in [-0.1, -0.05) is 35.3 Å². The van der Waals surface area contributed by atoms with Crippen LogP contribution in [-0.2, 0) is 0 Å². The summed E-state index contributed by atoms with van der Waals surface area (Å²) >= 11 is 15.9. The lowest BCUT2D eigenvalue weighted by Gasteiger charge is -2.38. The summed E-state index contributed by atoms with van der Waals surface area (Å²) in [6.45, 7) is 0. The molecule has 0 saturated heterocycles. The lowest BCUT2D eigenvalue weighted by atomic mass is 9.96. The molecule has 152 valence electrons. The normalized spacial score (nSPS) is 19.6. The fourth-order valence-corrected chi connectivity index (χ4v) is 4.80. The highest BCUT2D eigenvalue weighted by atomic mass is 79.9. The quantitative estimate of drug-likeness (QED) is 0.385. The first-order valence-electron chi connectivity index (χ1n) is 9.45. The second-order valence-electron chi connectivity index (χ2n) is 7.20. The number of benzene rings is 3. The highest BCUT2D eigenvalue weighted by molar-refractivity contribution is 9.10. The molecule has 0 saturated carbocycles. The molecule has 0 N–H and O–H groups in total. The van der Waals surface area contributed by atoms with Crippen LogP contribution in [0.4, 0.5) is 0 Å². The molecule has 30 heavy (non-hydrogen) atoms. The molecule has 0 aromatic heterocycles. The molecule has 3 aromatic carbocycles. The molecule has 4 nitrogen and oxygen atoms in total. The van der Waals surface area contributed by atoms with Crippen LogP contribution in [0, 0.1) is 0 Å². The summed E-state index contributed by atoms with van der Waals surface area (Å²) in [7, 11) is 1.65. The van der Waals surface area contributed by atoms with Crippen LogP contribution in [0.3, 0.4) is 0 Å². The molecule has 0 spiro atoms. The van der Waals surface area contributed by atoms with Gasteiger partial charge in [-0.2, -0.15) is 5.10 Å². The molecule has 0 fully saturated rings. The van der Waals surface area contributed by atoms with Gasteiger partial charge in [0, 0.05) is 27.6 Å². The van der Waals surface area contributed by atoms with Gasteiger partial charge >= 0.3 is 0 Å². The molecule has 2 aliphatic rings. The number of hydrogen-bond acceptors (Lipinski definition) is 4. The predicted molar refractivity (Wildman–Crippen MR) is 123 cm³/mol. The summed E-state index contributed by atoms with van der Waals surface area (Å²) in [6, 6.07) is 19.5. The van der Waals surface area contributed by atoms with E-state index in [1.165, 1.54) is 0 Å². The van der Waals surface area contributed by atoms with Gasteiger partial charge in [-0.25, -0.2) is 5.01 Å². The number of hydrazone groups is 1. The maximum absolute atomic E-state index is 6.40. The molecule has 5 rings (SSSR count). The van der Waals surface area contributed by atoms with Crippen LogP contribution in [0.15, 0.2) is 70.2 Å². The lowest BCUT2D eigenvalue weighted by Crippen LogP contribution is -2.33. The Morgan fingerprint density at radius 3 is 2.53 bits per heavy atom. The molecule has 2 atom stereocenters. The molecule has 0 bridgehead atoms. The molecule has 3 aromatic rings. The zero-order valence-electron chi connectivity index (χ0n) is 16.0. The van der Waals surface area contributed by atoms with E-state index in [9.17, 15) is 0 Å². The van der Waals surface area contributed by atoms with Crippen molar-refractivity contribution in [1.29, 1.82) is 0 Å². The van der Waals surface area contributed by atoms with Crippen LogP contribution in [-0.4, -0.2) is 17.8 Å². The Bertz CT molecular complexity index is 1150. The molecule has 7 heteroatoms. The second kappa shape index (κ2) is 7.80. The van der Waals surface area contributed by atoms with Crippen molar-refractivity contribution in [3.05, 3.63) is 91.9 Å². The van der Waals surface area contributed by atoms with Gasteiger partial charge in [-0.3, -0.25) is 0 Å². The van der Waals surface area contributed by atoms with Gasteiger partial charge in [-0.15, -0.1) is 0 Å². The second-order valence-corrected chi connectivity index (χ2v) is 8.93. The van der Waals surface area contributed by atoms with Gasteiger partial charge in [0.15, 0.2) is 0 Å². The Morgan fingerprint density at radius 2 is 1.80 bits per heavy atom. The third-order valence-corrected chi connectivity index (χ3v) is 6.50. The highest BCUT2D eigenvalue weighted by Crippen LogP contribution is 2.48. The smallest absolute Gasteiger partial charge is 0.213 e. The van der Waals surface area contributed by atoms with E-state index in [1.54, 1.807) is 7.11 Å². The molecule has 2 aliphatic heterocycles. The zero-order valence-corrected chi connectivity index (χ0v) is 19.1. The molecular weight excluding hydrogens is 487 g/mol. The Morgan fingerprint density at radius 1 is 1.03 bits per heavy atom. The van der Waals surface area contributed by atoms with Gasteiger partial charge in [0.2, 0.25) is 6.23 Å². The largest absolute Gasteiger partial charge is 0.496 e. The number of hydrogen-bond donors (Lipinski definition) is 0. The standard InChI is InChI=1S/C23H17BrCl2N2O2/c1-29-22-8-4-14(10-18(22)24)23-28-20(17-11-16(26)7-9-21(17)30-23)12-19(27-28)13-2-5-15(25)6-3-13/h2-11,20,23H,12H2,1H3/t20-,23-/m0/s1. The van der Waals surface area contributed by atoms with E-state index in [0.29, 0.717) is 10.0 Å². The van der Waals surface area contributed by atoms with Crippen LogP contribution in [0.25, 0.3) is 0 Å². The topological polar surface area (TPSA) is 34.1 Å². The monoisotopic (exact) mass is 502 g/mol. The third-order valence-electron chi connectivity index (χ3n) is 5.39. The minimum atomic E-state index is -0.365. The summed E-state index contributed by atoms with van der Waals surface area (Å²) in [5.74, 6) is 1.59. The highest BCUT2D eigenvalue weighted by Gasteiger charge is 2.41.